The van der Waals surface area contributed by atoms with Gasteiger partial charge in [-0.15, -0.1) is 0 Å². The summed E-state index contributed by atoms with van der Waals surface area (Å²) in [6, 6.07) is 3.19. The van der Waals surface area contributed by atoms with Crippen LogP contribution in [0.25, 0.3) is 10.9 Å². The number of benzene rings is 1. The SMILES string of the molecule is CCC(C)[C@H](NC(=O)C1CCc2[nH]c3c(C(F)(F)F)cccc3c2C1)C(=O)NNC(C)=O. The molecule has 0 spiro atoms. The predicted octanol–water partition coefficient (Wildman–Crippen LogP) is 2.99. The van der Waals surface area contributed by atoms with Crippen LogP contribution >= 0.6 is 0 Å². The lowest BCUT2D eigenvalue weighted by atomic mass is 9.85. The monoisotopic (exact) mass is 452 g/mol. The fraction of sp³-hybridized carbons (Fsp3) is 0.500. The number of halogens is 3. The maximum absolute atomic E-state index is 13.4. The molecule has 3 atom stereocenters. The van der Waals surface area contributed by atoms with Crippen LogP contribution in [0.4, 0.5) is 13.2 Å². The van der Waals surface area contributed by atoms with Crippen molar-refractivity contribution >= 4 is 28.6 Å². The van der Waals surface area contributed by atoms with E-state index in [1.807, 2.05) is 13.8 Å². The van der Waals surface area contributed by atoms with Crippen molar-refractivity contribution in [3.05, 3.63) is 35.0 Å². The van der Waals surface area contributed by atoms with E-state index in [0.29, 0.717) is 35.9 Å². The fourth-order valence-electron chi connectivity index (χ4n) is 4.10. The first-order valence-corrected chi connectivity index (χ1v) is 10.6. The second-order valence-corrected chi connectivity index (χ2v) is 8.29. The molecule has 174 valence electrons. The van der Waals surface area contributed by atoms with Crippen molar-refractivity contribution in [2.24, 2.45) is 11.8 Å². The maximum atomic E-state index is 13.4. The molecule has 2 aromatic rings. The summed E-state index contributed by atoms with van der Waals surface area (Å²) in [5, 5.41) is 3.24. The average Bonchev–Trinajstić information content (AvgIpc) is 3.12. The summed E-state index contributed by atoms with van der Waals surface area (Å²) in [5.41, 5.74) is 5.25. The standard InChI is InChI=1S/C22H27F3N4O3/c1-4-11(2)18(21(32)29-28-12(3)30)27-20(31)13-8-9-17-15(10-13)14-6-5-7-16(19(14)26-17)22(23,24)25/h5-7,11,13,18,26H,4,8-10H2,1-3H3,(H,27,31)(H,28,30)(H,29,32)/t11?,13?,18-/m0/s1. The number of alkyl halides is 3. The number of hydrogen-bond acceptors (Lipinski definition) is 3. The Labute approximate surface area is 183 Å². The van der Waals surface area contributed by atoms with Crippen LogP contribution in [0.3, 0.4) is 0 Å². The Balaban J connectivity index is 1.80. The number of carbonyl (C=O) groups is 3. The quantitative estimate of drug-likeness (QED) is 0.525. The first-order valence-electron chi connectivity index (χ1n) is 10.6. The molecule has 4 N–H and O–H groups in total. The van der Waals surface area contributed by atoms with Crippen LogP contribution in [-0.4, -0.2) is 28.7 Å². The summed E-state index contributed by atoms with van der Waals surface area (Å²) in [6.45, 7) is 4.95. The van der Waals surface area contributed by atoms with E-state index in [1.165, 1.54) is 13.0 Å². The van der Waals surface area contributed by atoms with Gasteiger partial charge in [0.05, 0.1) is 11.1 Å². The summed E-state index contributed by atoms with van der Waals surface area (Å²) in [4.78, 5) is 39.5. The minimum atomic E-state index is -4.48. The molecular formula is C22H27F3N4O3. The molecular weight excluding hydrogens is 425 g/mol. The molecule has 0 fully saturated rings. The van der Waals surface area contributed by atoms with Crippen LogP contribution in [0.15, 0.2) is 18.2 Å². The highest BCUT2D eigenvalue weighted by Gasteiger charge is 2.36. The molecule has 0 aliphatic heterocycles. The van der Waals surface area contributed by atoms with Gasteiger partial charge < -0.3 is 10.3 Å². The topological polar surface area (TPSA) is 103 Å². The lowest BCUT2D eigenvalue weighted by Gasteiger charge is -2.27. The third-order valence-electron chi connectivity index (χ3n) is 6.05. The highest BCUT2D eigenvalue weighted by Crippen LogP contribution is 2.39. The number of hydrogen-bond donors (Lipinski definition) is 4. The van der Waals surface area contributed by atoms with Crippen LogP contribution in [-0.2, 0) is 33.4 Å². The molecule has 3 amide bonds. The minimum absolute atomic E-state index is 0.0400. The molecule has 1 aromatic heterocycles. The third kappa shape index (κ3) is 4.89. The van der Waals surface area contributed by atoms with E-state index < -0.39 is 35.5 Å². The van der Waals surface area contributed by atoms with Gasteiger partial charge in [-0.05, 0) is 36.8 Å². The number of amides is 3. The highest BCUT2D eigenvalue weighted by atomic mass is 19.4. The molecule has 1 aliphatic carbocycles. The first-order chi connectivity index (χ1) is 15.0. The van der Waals surface area contributed by atoms with Gasteiger partial charge in [0.1, 0.15) is 6.04 Å². The number of nitrogens with one attached hydrogen (secondary N) is 4. The van der Waals surface area contributed by atoms with Crippen molar-refractivity contribution in [2.45, 2.75) is 58.7 Å². The molecule has 7 nitrogen and oxygen atoms in total. The van der Waals surface area contributed by atoms with Gasteiger partial charge in [0.2, 0.25) is 11.8 Å². The van der Waals surface area contributed by atoms with Gasteiger partial charge >= 0.3 is 6.18 Å². The summed E-state index contributed by atoms with van der Waals surface area (Å²) in [5.74, 6) is -1.96. The van der Waals surface area contributed by atoms with Crippen molar-refractivity contribution in [1.82, 2.24) is 21.2 Å². The number of fused-ring (bicyclic) bond motifs is 3. The molecule has 32 heavy (non-hydrogen) atoms. The van der Waals surface area contributed by atoms with Gasteiger partial charge in [-0.25, -0.2) is 0 Å². The van der Waals surface area contributed by atoms with Crippen molar-refractivity contribution in [3.8, 4) is 0 Å². The average molecular weight is 452 g/mol. The number of aromatic nitrogens is 1. The Hall–Kier alpha value is -3.04. The van der Waals surface area contributed by atoms with Crippen LogP contribution in [0.1, 0.15) is 50.4 Å². The number of carbonyl (C=O) groups excluding carboxylic acids is 3. The van der Waals surface area contributed by atoms with Crippen LogP contribution in [0.2, 0.25) is 0 Å². The van der Waals surface area contributed by atoms with Crippen molar-refractivity contribution in [1.29, 1.82) is 0 Å². The largest absolute Gasteiger partial charge is 0.418 e. The molecule has 1 aromatic carbocycles. The highest BCUT2D eigenvalue weighted by molar-refractivity contribution is 5.92. The van der Waals surface area contributed by atoms with Crippen LogP contribution in [0, 0.1) is 11.8 Å². The van der Waals surface area contributed by atoms with Gasteiger partial charge in [-0.3, -0.25) is 25.2 Å². The molecule has 1 aliphatic rings. The van der Waals surface area contributed by atoms with Gasteiger partial charge in [-0.1, -0.05) is 32.4 Å². The molecule has 2 unspecified atom stereocenters. The molecule has 0 saturated carbocycles. The molecule has 10 heteroatoms. The van der Waals surface area contributed by atoms with E-state index in [1.54, 1.807) is 6.07 Å². The van der Waals surface area contributed by atoms with Crippen molar-refractivity contribution in [3.63, 3.8) is 0 Å². The summed E-state index contributed by atoms with van der Waals surface area (Å²) < 4.78 is 40.1. The van der Waals surface area contributed by atoms with E-state index in [9.17, 15) is 27.6 Å². The molecule has 3 rings (SSSR count). The zero-order valence-electron chi connectivity index (χ0n) is 18.2. The minimum Gasteiger partial charge on any atom is -0.358 e. The van der Waals surface area contributed by atoms with Crippen LogP contribution in [0.5, 0.6) is 0 Å². The first kappa shape index (κ1) is 23.6. The van der Waals surface area contributed by atoms with Gasteiger partial charge in [0.15, 0.2) is 0 Å². The van der Waals surface area contributed by atoms with Crippen molar-refractivity contribution < 1.29 is 27.6 Å². The number of aryl methyl sites for hydroxylation is 1. The number of hydrazine groups is 1. The number of H-pyrrole nitrogens is 1. The molecule has 0 saturated heterocycles. The second kappa shape index (κ2) is 9.22. The number of rotatable bonds is 5. The van der Waals surface area contributed by atoms with E-state index in [2.05, 4.69) is 21.2 Å². The smallest absolute Gasteiger partial charge is 0.358 e. The Morgan fingerprint density at radius 2 is 1.94 bits per heavy atom. The number of para-hydroxylation sites is 1. The van der Waals surface area contributed by atoms with E-state index in [-0.39, 0.29) is 23.8 Å². The number of aromatic amines is 1. The molecule has 0 bridgehead atoms. The van der Waals surface area contributed by atoms with Crippen molar-refractivity contribution in [2.75, 3.05) is 0 Å². The Kier molecular flexibility index (Phi) is 6.80. The summed E-state index contributed by atoms with van der Waals surface area (Å²) >= 11 is 0. The zero-order valence-corrected chi connectivity index (χ0v) is 18.2. The molecule has 0 radical (unpaired) electrons. The normalized spacial score (nSPS) is 17.9. The molecule has 1 heterocycles. The Morgan fingerprint density at radius 1 is 1.22 bits per heavy atom. The van der Waals surface area contributed by atoms with E-state index >= 15 is 0 Å². The van der Waals surface area contributed by atoms with Gasteiger partial charge in [0, 0.05) is 23.9 Å². The Morgan fingerprint density at radius 3 is 2.56 bits per heavy atom. The van der Waals surface area contributed by atoms with E-state index in [0.717, 1.165) is 6.07 Å². The van der Waals surface area contributed by atoms with E-state index in [4.69, 9.17) is 0 Å². The Bertz CT molecular complexity index is 1030. The zero-order chi connectivity index (χ0) is 23.6. The fourth-order valence-corrected chi connectivity index (χ4v) is 4.10. The summed E-state index contributed by atoms with van der Waals surface area (Å²) in [7, 11) is 0. The van der Waals surface area contributed by atoms with Gasteiger partial charge in [-0.2, -0.15) is 13.2 Å². The second-order valence-electron chi connectivity index (χ2n) is 8.29. The van der Waals surface area contributed by atoms with Crippen LogP contribution < -0.4 is 16.2 Å². The predicted molar refractivity (Wildman–Crippen MR) is 112 cm³/mol. The maximum Gasteiger partial charge on any atom is 0.418 e. The lowest BCUT2D eigenvalue weighted by molar-refractivity contribution is -0.136. The van der Waals surface area contributed by atoms with Gasteiger partial charge in [0.25, 0.3) is 5.91 Å². The lowest BCUT2D eigenvalue weighted by Crippen LogP contribution is -2.55. The third-order valence-corrected chi connectivity index (χ3v) is 6.05. The summed E-state index contributed by atoms with van der Waals surface area (Å²) in [6.07, 6.45) is -2.69.